The lowest BCUT2D eigenvalue weighted by Gasteiger charge is -2.18. The minimum Gasteiger partial charge on any atom is -0.383 e. The highest BCUT2D eigenvalue weighted by Gasteiger charge is 2.08. The summed E-state index contributed by atoms with van der Waals surface area (Å²) in [5.74, 6) is -0.495. The molecule has 3 nitrogen and oxygen atoms in total. The standard InChI is InChI=1S/C13H17FN2O/c1-3-4-12(9-17-2)16-11-6-5-10(8-15)13(14)7-11/h5-7,12,16H,3-4,9H2,1-2H3. The van der Waals surface area contributed by atoms with Gasteiger partial charge in [0.15, 0.2) is 0 Å². The van der Waals surface area contributed by atoms with Crippen molar-refractivity contribution in [2.24, 2.45) is 0 Å². The van der Waals surface area contributed by atoms with E-state index in [1.54, 1.807) is 19.2 Å². The number of nitrogens with one attached hydrogen (secondary N) is 1. The Morgan fingerprint density at radius 1 is 1.53 bits per heavy atom. The average molecular weight is 236 g/mol. The van der Waals surface area contributed by atoms with Gasteiger partial charge < -0.3 is 10.1 Å². The Labute approximate surface area is 101 Å². The first-order chi connectivity index (χ1) is 8.21. The normalized spacial score (nSPS) is 11.9. The maximum atomic E-state index is 13.4. The third kappa shape index (κ3) is 4.04. The molecule has 0 bridgehead atoms. The predicted molar refractivity (Wildman–Crippen MR) is 65.3 cm³/mol. The van der Waals surface area contributed by atoms with Crippen LogP contribution in [0, 0.1) is 17.1 Å². The number of nitriles is 1. The van der Waals surface area contributed by atoms with Gasteiger partial charge in [0, 0.05) is 18.8 Å². The topological polar surface area (TPSA) is 45.0 Å². The van der Waals surface area contributed by atoms with Crippen molar-refractivity contribution in [1.82, 2.24) is 0 Å². The van der Waals surface area contributed by atoms with Crippen molar-refractivity contribution < 1.29 is 9.13 Å². The van der Waals surface area contributed by atoms with Gasteiger partial charge in [-0.05, 0) is 24.6 Å². The number of anilines is 1. The minimum atomic E-state index is -0.495. The zero-order chi connectivity index (χ0) is 12.7. The molecule has 0 saturated heterocycles. The van der Waals surface area contributed by atoms with E-state index in [4.69, 9.17) is 10.00 Å². The average Bonchev–Trinajstić information content (AvgIpc) is 2.30. The number of halogens is 1. The van der Waals surface area contributed by atoms with Crippen LogP contribution in [0.4, 0.5) is 10.1 Å². The fourth-order valence-corrected chi connectivity index (χ4v) is 1.68. The third-order valence-corrected chi connectivity index (χ3v) is 2.47. The molecule has 0 spiro atoms. The minimum absolute atomic E-state index is 0.0642. The highest BCUT2D eigenvalue weighted by Crippen LogP contribution is 2.16. The number of hydrogen-bond donors (Lipinski definition) is 1. The monoisotopic (exact) mass is 236 g/mol. The molecule has 0 heterocycles. The summed E-state index contributed by atoms with van der Waals surface area (Å²) in [4.78, 5) is 0. The maximum Gasteiger partial charge on any atom is 0.143 e. The molecule has 0 saturated carbocycles. The molecule has 1 unspecified atom stereocenters. The summed E-state index contributed by atoms with van der Waals surface area (Å²) >= 11 is 0. The predicted octanol–water partition coefficient (Wildman–Crippen LogP) is 2.92. The highest BCUT2D eigenvalue weighted by molar-refractivity contribution is 5.48. The molecule has 92 valence electrons. The fourth-order valence-electron chi connectivity index (χ4n) is 1.68. The number of methoxy groups -OCH3 is 1. The molecule has 1 N–H and O–H groups in total. The van der Waals surface area contributed by atoms with Crippen molar-refractivity contribution in [1.29, 1.82) is 5.26 Å². The molecule has 1 aromatic rings. The van der Waals surface area contributed by atoms with Crippen LogP contribution < -0.4 is 5.32 Å². The van der Waals surface area contributed by atoms with Crippen molar-refractivity contribution in [3.8, 4) is 6.07 Å². The largest absolute Gasteiger partial charge is 0.383 e. The number of ether oxygens (including phenoxy) is 1. The lowest BCUT2D eigenvalue weighted by molar-refractivity contribution is 0.182. The number of rotatable bonds is 6. The molecule has 0 radical (unpaired) electrons. The van der Waals surface area contributed by atoms with E-state index in [-0.39, 0.29) is 11.6 Å². The Kier molecular flexibility index (Phi) is 5.44. The summed E-state index contributed by atoms with van der Waals surface area (Å²) < 4.78 is 18.5. The highest BCUT2D eigenvalue weighted by atomic mass is 19.1. The lowest BCUT2D eigenvalue weighted by atomic mass is 10.1. The molecule has 0 aliphatic rings. The van der Waals surface area contributed by atoms with Crippen LogP contribution in [-0.4, -0.2) is 19.8 Å². The van der Waals surface area contributed by atoms with Gasteiger partial charge in [-0.3, -0.25) is 0 Å². The zero-order valence-corrected chi connectivity index (χ0v) is 10.2. The van der Waals surface area contributed by atoms with Crippen molar-refractivity contribution >= 4 is 5.69 Å². The molecule has 0 aliphatic heterocycles. The summed E-state index contributed by atoms with van der Waals surface area (Å²) in [5.41, 5.74) is 0.742. The molecule has 1 rings (SSSR count). The molecule has 1 atom stereocenters. The Hall–Kier alpha value is -1.60. The zero-order valence-electron chi connectivity index (χ0n) is 10.2. The van der Waals surface area contributed by atoms with E-state index >= 15 is 0 Å². The Morgan fingerprint density at radius 2 is 2.29 bits per heavy atom. The fraction of sp³-hybridized carbons (Fsp3) is 0.462. The van der Waals surface area contributed by atoms with Crippen molar-refractivity contribution in [3.63, 3.8) is 0 Å². The van der Waals surface area contributed by atoms with Gasteiger partial charge in [-0.15, -0.1) is 0 Å². The Bertz CT molecular complexity index is 395. The van der Waals surface area contributed by atoms with Gasteiger partial charge in [0.25, 0.3) is 0 Å². The number of nitrogens with zero attached hydrogens (tertiary/aromatic N) is 1. The lowest BCUT2D eigenvalue weighted by Crippen LogP contribution is -2.24. The molecular weight excluding hydrogens is 219 g/mol. The van der Waals surface area contributed by atoms with Crippen LogP contribution in [0.5, 0.6) is 0 Å². The molecule has 4 heteroatoms. The van der Waals surface area contributed by atoms with E-state index in [0.29, 0.717) is 12.3 Å². The molecule has 0 fully saturated rings. The summed E-state index contributed by atoms with van der Waals surface area (Å²) in [6.07, 6.45) is 1.98. The third-order valence-electron chi connectivity index (χ3n) is 2.47. The Balaban J connectivity index is 2.72. The van der Waals surface area contributed by atoms with Crippen LogP contribution in [0.2, 0.25) is 0 Å². The van der Waals surface area contributed by atoms with E-state index in [0.717, 1.165) is 12.8 Å². The van der Waals surface area contributed by atoms with Gasteiger partial charge in [-0.1, -0.05) is 13.3 Å². The molecule has 17 heavy (non-hydrogen) atoms. The van der Waals surface area contributed by atoms with Gasteiger partial charge in [0.2, 0.25) is 0 Å². The number of hydrogen-bond acceptors (Lipinski definition) is 3. The maximum absolute atomic E-state index is 13.4. The van der Waals surface area contributed by atoms with Gasteiger partial charge in [-0.2, -0.15) is 5.26 Å². The second-order valence-electron chi connectivity index (χ2n) is 3.89. The van der Waals surface area contributed by atoms with E-state index in [9.17, 15) is 4.39 Å². The molecule has 1 aromatic carbocycles. The summed E-state index contributed by atoms with van der Waals surface area (Å²) in [7, 11) is 1.64. The van der Waals surface area contributed by atoms with E-state index < -0.39 is 5.82 Å². The molecule has 0 aliphatic carbocycles. The Morgan fingerprint density at radius 3 is 2.82 bits per heavy atom. The van der Waals surface area contributed by atoms with Gasteiger partial charge >= 0.3 is 0 Å². The SMILES string of the molecule is CCCC(COC)Nc1ccc(C#N)c(F)c1. The smallest absolute Gasteiger partial charge is 0.143 e. The molecule has 0 amide bonds. The van der Waals surface area contributed by atoms with Crippen LogP contribution in [0.25, 0.3) is 0 Å². The molecular formula is C13H17FN2O. The van der Waals surface area contributed by atoms with Crippen molar-refractivity contribution in [3.05, 3.63) is 29.6 Å². The van der Waals surface area contributed by atoms with Gasteiger partial charge in [0.05, 0.1) is 12.2 Å². The summed E-state index contributed by atoms with van der Waals surface area (Å²) in [6.45, 7) is 2.67. The van der Waals surface area contributed by atoms with Gasteiger partial charge in [0.1, 0.15) is 11.9 Å². The first-order valence-corrected chi connectivity index (χ1v) is 5.66. The quantitative estimate of drug-likeness (QED) is 0.826. The first-order valence-electron chi connectivity index (χ1n) is 5.66. The van der Waals surface area contributed by atoms with Crippen molar-refractivity contribution in [2.45, 2.75) is 25.8 Å². The second kappa shape index (κ2) is 6.87. The number of benzene rings is 1. The second-order valence-corrected chi connectivity index (χ2v) is 3.89. The first kappa shape index (κ1) is 13.5. The molecule has 0 aromatic heterocycles. The van der Waals surface area contributed by atoms with Crippen LogP contribution >= 0.6 is 0 Å². The van der Waals surface area contributed by atoms with E-state index in [1.165, 1.54) is 12.1 Å². The van der Waals surface area contributed by atoms with Gasteiger partial charge in [-0.25, -0.2) is 4.39 Å². The van der Waals surface area contributed by atoms with Crippen LogP contribution in [0.15, 0.2) is 18.2 Å². The van der Waals surface area contributed by atoms with E-state index in [1.807, 2.05) is 0 Å². The van der Waals surface area contributed by atoms with Crippen molar-refractivity contribution in [2.75, 3.05) is 19.0 Å². The van der Waals surface area contributed by atoms with E-state index in [2.05, 4.69) is 12.2 Å². The van der Waals surface area contributed by atoms with Crippen LogP contribution in [0.1, 0.15) is 25.3 Å². The van der Waals surface area contributed by atoms with Crippen LogP contribution in [-0.2, 0) is 4.74 Å². The summed E-state index contributed by atoms with van der Waals surface area (Å²) in [6, 6.07) is 6.49. The van der Waals surface area contributed by atoms with Crippen LogP contribution in [0.3, 0.4) is 0 Å². The summed E-state index contributed by atoms with van der Waals surface area (Å²) in [5, 5.41) is 11.8.